The number of rotatable bonds is 3. The first-order valence-corrected chi connectivity index (χ1v) is 7.27. The summed E-state index contributed by atoms with van der Waals surface area (Å²) in [6, 6.07) is 4.43. The number of benzene rings is 1. The van der Waals surface area contributed by atoms with Gasteiger partial charge in [0.05, 0.1) is 16.9 Å². The van der Waals surface area contributed by atoms with Gasteiger partial charge in [-0.1, -0.05) is 6.07 Å². The Kier molecular flexibility index (Phi) is 3.40. The molecule has 2 aromatic rings. The number of anilines is 2. The van der Waals surface area contributed by atoms with Crippen molar-refractivity contribution in [1.29, 1.82) is 0 Å². The molecule has 0 saturated carbocycles. The average molecular weight is 291 g/mol. The molecule has 1 heterocycles. The van der Waals surface area contributed by atoms with Crippen molar-refractivity contribution in [2.75, 3.05) is 17.7 Å². The van der Waals surface area contributed by atoms with Gasteiger partial charge in [0.15, 0.2) is 5.13 Å². The third-order valence-corrected chi connectivity index (χ3v) is 4.40. The second-order valence-electron chi connectivity index (χ2n) is 4.61. The molecular formula is C14H14FN3OS. The lowest BCUT2D eigenvalue weighted by Gasteiger charge is -2.09. The predicted octanol–water partition coefficient (Wildman–Crippen LogP) is 3.06. The van der Waals surface area contributed by atoms with E-state index in [1.807, 2.05) is 0 Å². The second-order valence-corrected chi connectivity index (χ2v) is 5.69. The molecule has 6 heteroatoms. The van der Waals surface area contributed by atoms with Crippen molar-refractivity contribution in [3.63, 3.8) is 0 Å². The van der Waals surface area contributed by atoms with Crippen molar-refractivity contribution < 1.29 is 9.18 Å². The van der Waals surface area contributed by atoms with Gasteiger partial charge >= 0.3 is 0 Å². The highest BCUT2D eigenvalue weighted by Gasteiger charge is 2.19. The van der Waals surface area contributed by atoms with Crippen molar-refractivity contribution in [2.24, 2.45) is 0 Å². The van der Waals surface area contributed by atoms with Gasteiger partial charge in [-0.25, -0.2) is 9.37 Å². The smallest absolute Gasteiger partial charge is 0.259 e. The molecule has 20 heavy (non-hydrogen) atoms. The fraction of sp³-hybridized carbons (Fsp3) is 0.286. The molecule has 1 amide bonds. The molecule has 3 rings (SSSR count). The lowest BCUT2D eigenvalue weighted by Crippen LogP contribution is -2.14. The highest BCUT2D eigenvalue weighted by Crippen LogP contribution is 2.31. The van der Waals surface area contributed by atoms with Crippen LogP contribution in [0.1, 0.15) is 27.3 Å². The molecule has 1 aliphatic rings. The standard InChI is InChI=1S/C14H14FN3OS/c1-16-12-8(4-2-5-9(12)15)13(19)18-14-17-10-6-3-7-11(10)20-14/h2,4-5,16H,3,6-7H2,1H3,(H,17,18,19). The highest BCUT2D eigenvalue weighted by atomic mass is 32.1. The number of para-hydroxylation sites is 1. The van der Waals surface area contributed by atoms with E-state index in [1.165, 1.54) is 28.3 Å². The van der Waals surface area contributed by atoms with Gasteiger partial charge in [-0.3, -0.25) is 10.1 Å². The van der Waals surface area contributed by atoms with Crippen LogP contribution in [0.25, 0.3) is 0 Å². The van der Waals surface area contributed by atoms with Crippen LogP contribution in [-0.2, 0) is 12.8 Å². The van der Waals surface area contributed by atoms with Crippen LogP contribution in [0, 0.1) is 5.82 Å². The van der Waals surface area contributed by atoms with Gasteiger partial charge < -0.3 is 5.32 Å². The molecule has 2 N–H and O–H groups in total. The van der Waals surface area contributed by atoms with Crippen molar-refractivity contribution in [2.45, 2.75) is 19.3 Å². The average Bonchev–Trinajstić information content (AvgIpc) is 2.99. The van der Waals surface area contributed by atoms with E-state index in [9.17, 15) is 9.18 Å². The van der Waals surface area contributed by atoms with Crippen molar-refractivity contribution in [3.8, 4) is 0 Å². The summed E-state index contributed by atoms with van der Waals surface area (Å²) in [4.78, 5) is 17.9. The molecule has 0 unspecified atom stereocenters. The van der Waals surface area contributed by atoms with Crippen LogP contribution in [0.15, 0.2) is 18.2 Å². The Morgan fingerprint density at radius 3 is 3.00 bits per heavy atom. The number of aromatic nitrogens is 1. The minimum atomic E-state index is -0.443. The van der Waals surface area contributed by atoms with E-state index in [4.69, 9.17) is 0 Å². The second kappa shape index (κ2) is 5.20. The van der Waals surface area contributed by atoms with Crippen LogP contribution in [0.2, 0.25) is 0 Å². The van der Waals surface area contributed by atoms with Gasteiger partial charge in [-0.15, -0.1) is 11.3 Å². The van der Waals surface area contributed by atoms with Gasteiger partial charge in [0.25, 0.3) is 5.91 Å². The minimum absolute atomic E-state index is 0.203. The number of carbonyl (C=O) groups is 1. The predicted molar refractivity (Wildman–Crippen MR) is 78.0 cm³/mol. The van der Waals surface area contributed by atoms with E-state index in [1.54, 1.807) is 13.1 Å². The topological polar surface area (TPSA) is 54.0 Å². The number of nitrogens with one attached hydrogen (secondary N) is 2. The Labute approximate surface area is 120 Å². The fourth-order valence-corrected chi connectivity index (χ4v) is 3.42. The largest absolute Gasteiger partial charge is 0.385 e. The summed E-state index contributed by atoms with van der Waals surface area (Å²) in [6.07, 6.45) is 3.14. The number of halogens is 1. The highest BCUT2D eigenvalue weighted by molar-refractivity contribution is 7.16. The number of hydrogen-bond donors (Lipinski definition) is 2. The molecule has 1 aromatic carbocycles. The zero-order valence-corrected chi connectivity index (χ0v) is 11.8. The molecule has 0 bridgehead atoms. The Morgan fingerprint density at radius 1 is 1.40 bits per heavy atom. The van der Waals surface area contributed by atoms with Gasteiger partial charge in [-0.05, 0) is 31.4 Å². The Morgan fingerprint density at radius 2 is 2.25 bits per heavy atom. The number of nitrogens with zero attached hydrogens (tertiary/aromatic N) is 1. The van der Waals surface area contributed by atoms with Crippen LogP contribution in [0.5, 0.6) is 0 Å². The van der Waals surface area contributed by atoms with Crippen molar-refractivity contribution in [1.82, 2.24) is 4.98 Å². The van der Waals surface area contributed by atoms with Gasteiger partial charge in [0.2, 0.25) is 0 Å². The lowest BCUT2D eigenvalue weighted by atomic mass is 10.1. The fourth-order valence-electron chi connectivity index (χ4n) is 2.38. The number of thiazole rings is 1. The maximum absolute atomic E-state index is 13.6. The minimum Gasteiger partial charge on any atom is -0.385 e. The summed E-state index contributed by atoms with van der Waals surface area (Å²) in [5.41, 5.74) is 1.57. The monoisotopic (exact) mass is 291 g/mol. The maximum atomic E-state index is 13.6. The first-order valence-electron chi connectivity index (χ1n) is 6.45. The molecule has 0 radical (unpaired) electrons. The van der Waals surface area contributed by atoms with Crippen LogP contribution >= 0.6 is 11.3 Å². The van der Waals surface area contributed by atoms with Gasteiger partial charge in [0, 0.05) is 11.9 Å². The number of aryl methyl sites for hydroxylation is 2. The van der Waals surface area contributed by atoms with E-state index < -0.39 is 5.82 Å². The Balaban J connectivity index is 1.84. The van der Waals surface area contributed by atoms with E-state index in [-0.39, 0.29) is 17.2 Å². The summed E-state index contributed by atoms with van der Waals surface area (Å²) in [7, 11) is 1.59. The Hall–Kier alpha value is -1.95. The number of hydrogen-bond acceptors (Lipinski definition) is 4. The first kappa shape index (κ1) is 13.1. The number of amides is 1. The summed E-state index contributed by atoms with van der Waals surface area (Å²) in [5, 5.41) is 6.06. The number of carbonyl (C=O) groups excluding carboxylic acids is 1. The molecule has 1 aromatic heterocycles. The van der Waals surface area contributed by atoms with Crippen LogP contribution in [0.3, 0.4) is 0 Å². The molecule has 0 saturated heterocycles. The molecule has 1 aliphatic carbocycles. The Bertz CT molecular complexity index is 647. The molecular weight excluding hydrogens is 277 g/mol. The molecule has 0 fully saturated rings. The third-order valence-electron chi connectivity index (χ3n) is 3.32. The van der Waals surface area contributed by atoms with Crippen molar-refractivity contribution in [3.05, 3.63) is 40.2 Å². The SMILES string of the molecule is CNc1c(F)cccc1C(=O)Nc1nc2c(s1)CCC2. The van der Waals surface area contributed by atoms with Gasteiger partial charge in [-0.2, -0.15) is 0 Å². The molecule has 0 atom stereocenters. The van der Waals surface area contributed by atoms with E-state index in [2.05, 4.69) is 15.6 Å². The zero-order valence-electron chi connectivity index (χ0n) is 11.0. The van der Waals surface area contributed by atoms with Gasteiger partial charge in [0.1, 0.15) is 5.82 Å². The van der Waals surface area contributed by atoms with Crippen LogP contribution in [0.4, 0.5) is 15.2 Å². The summed E-state index contributed by atoms with van der Waals surface area (Å²) in [5.74, 6) is -0.789. The van der Waals surface area contributed by atoms with Crippen LogP contribution in [-0.4, -0.2) is 17.9 Å². The number of fused-ring (bicyclic) bond motifs is 1. The third kappa shape index (κ3) is 2.27. The molecule has 0 spiro atoms. The van der Waals surface area contributed by atoms with E-state index >= 15 is 0 Å². The lowest BCUT2D eigenvalue weighted by molar-refractivity contribution is 0.102. The molecule has 104 valence electrons. The maximum Gasteiger partial charge on any atom is 0.259 e. The summed E-state index contributed by atoms with van der Waals surface area (Å²) < 4.78 is 13.6. The zero-order chi connectivity index (χ0) is 14.1. The molecule has 4 nitrogen and oxygen atoms in total. The summed E-state index contributed by atoms with van der Waals surface area (Å²) in [6.45, 7) is 0. The first-order chi connectivity index (χ1) is 9.69. The van der Waals surface area contributed by atoms with E-state index in [0.29, 0.717) is 5.13 Å². The normalized spacial score (nSPS) is 13.1. The summed E-state index contributed by atoms with van der Waals surface area (Å²) >= 11 is 1.51. The molecule has 0 aliphatic heterocycles. The quantitative estimate of drug-likeness (QED) is 0.914. The van der Waals surface area contributed by atoms with E-state index in [0.717, 1.165) is 25.0 Å². The van der Waals surface area contributed by atoms with Crippen molar-refractivity contribution >= 4 is 28.1 Å². The van der Waals surface area contributed by atoms with Crippen LogP contribution < -0.4 is 10.6 Å².